The molecule has 0 N–H and O–H groups in total. The van der Waals surface area contributed by atoms with Crippen molar-refractivity contribution in [2.24, 2.45) is 0 Å². The summed E-state index contributed by atoms with van der Waals surface area (Å²) in [7, 11) is -1.06. The monoisotopic (exact) mass is 384 g/mol. The van der Waals surface area contributed by atoms with Gasteiger partial charge in [0.1, 0.15) is 0 Å². The molecule has 5 nitrogen and oxygen atoms in total. The van der Waals surface area contributed by atoms with E-state index >= 15 is 0 Å². The summed E-state index contributed by atoms with van der Waals surface area (Å²) in [4.78, 5) is 17.9. The highest BCUT2D eigenvalue weighted by molar-refractivity contribution is 7.98. The average Bonchev–Trinajstić information content (AvgIpc) is 2.95. The van der Waals surface area contributed by atoms with Gasteiger partial charge < -0.3 is 4.90 Å². The molecular formula is C18H28N2O3S2. The van der Waals surface area contributed by atoms with Gasteiger partial charge in [0.05, 0.1) is 17.5 Å². The zero-order valence-corrected chi connectivity index (χ0v) is 17.1. The summed E-state index contributed by atoms with van der Waals surface area (Å²) in [5.41, 5.74) is 1.16. The van der Waals surface area contributed by atoms with E-state index in [-0.39, 0.29) is 29.5 Å². The molecule has 0 radical (unpaired) electrons. The molecule has 0 unspecified atom stereocenters. The predicted molar refractivity (Wildman–Crippen MR) is 104 cm³/mol. The van der Waals surface area contributed by atoms with E-state index in [9.17, 15) is 13.2 Å². The van der Waals surface area contributed by atoms with E-state index < -0.39 is 9.84 Å². The third kappa shape index (κ3) is 5.21. The zero-order chi connectivity index (χ0) is 18.6. The molecule has 0 spiro atoms. The molecule has 0 bridgehead atoms. The summed E-state index contributed by atoms with van der Waals surface area (Å²) in [6.07, 6.45) is 2.60. The molecule has 1 amide bonds. The molecule has 2 rings (SSSR count). The van der Waals surface area contributed by atoms with Crippen molar-refractivity contribution in [3.05, 3.63) is 29.8 Å². The van der Waals surface area contributed by atoms with Crippen LogP contribution in [0.5, 0.6) is 0 Å². The molecule has 25 heavy (non-hydrogen) atoms. The molecule has 0 aliphatic carbocycles. The van der Waals surface area contributed by atoms with Crippen LogP contribution in [0, 0.1) is 0 Å². The van der Waals surface area contributed by atoms with Crippen LogP contribution in [0.4, 0.5) is 0 Å². The molecule has 1 aliphatic rings. The first-order valence-electron chi connectivity index (χ1n) is 8.61. The fourth-order valence-electron chi connectivity index (χ4n) is 3.20. The third-order valence-electron chi connectivity index (χ3n) is 4.88. The highest BCUT2D eigenvalue weighted by Gasteiger charge is 2.35. The van der Waals surface area contributed by atoms with E-state index in [4.69, 9.17) is 0 Å². The second-order valence-electron chi connectivity index (χ2n) is 6.62. The Hall–Kier alpha value is -1.05. The van der Waals surface area contributed by atoms with E-state index in [1.165, 1.54) is 4.90 Å². The molecule has 0 aromatic heterocycles. The van der Waals surface area contributed by atoms with Crippen LogP contribution in [-0.4, -0.2) is 67.6 Å². The highest BCUT2D eigenvalue weighted by Crippen LogP contribution is 2.20. The third-order valence-corrected chi connectivity index (χ3v) is 7.38. The summed E-state index contributed by atoms with van der Waals surface area (Å²) < 4.78 is 23.5. The molecule has 1 aromatic carbocycles. The summed E-state index contributed by atoms with van der Waals surface area (Å²) in [5, 5.41) is 0. The van der Waals surface area contributed by atoms with E-state index in [1.807, 2.05) is 32.1 Å². The van der Waals surface area contributed by atoms with Crippen molar-refractivity contribution in [2.45, 2.75) is 43.8 Å². The zero-order valence-electron chi connectivity index (χ0n) is 15.4. The Morgan fingerprint density at radius 2 is 1.96 bits per heavy atom. The van der Waals surface area contributed by atoms with Gasteiger partial charge in [-0.3, -0.25) is 9.69 Å². The van der Waals surface area contributed by atoms with Crippen LogP contribution < -0.4 is 0 Å². The Morgan fingerprint density at radius 1 is 1.32 bits per heavy atom. The fourth-order valence-corrected chi connectivity index (χ4v) is 5.34. The summed E-state index contributed by atoms with van der Waals surface area (Å²) in [6, 6.07) is 7.87. The summed E-state index contributed by atoms with van der Waals surface area (Å²) in [5.74, 6) is 0.292. The molecule has 0 saturated carbocycles. The number of hydrogen-bond acceptors (Lipinski definition) is 5. The van der Waals surface area contributed by atoms with Crippen molar-refractivity contribution in [3.63, 3.8) is 0 Å². The maximum Gasteiger partial charge on any atom is 0.239 e. The lowest BCUT2D eigenvalue weighted by Crippen LogP contribution is -2.49. The standard InChI is InChI=1S/C18H28N2O3S2/c1-5-20(16-10-11-25(22,23)13-16)18(21)14(2)19(3)12-15-6-8-17(24-4)9-7-15/h6-9,14,16H,5,10-13H2,1-4H3/t14-,16+/m1/s1. The van der Waals surface area contributed by atoms with Gasteiger partial charge in [0.2, 0.25) is 5.91 Å². The summed E-state index contributed by atoms with van der Waals surface area (Å²) >= 11 is 1.70. The summed E-state index contributed by atoms with van der Waals surface area (Å²) in [6.45, 7) is 5.03. The van der Waals surface area contributed by atoms with Gasteiger partial charge in [-0.1, -0.05) is 12.1 Å². The van der Waals surface area contributed by atoms with E-state index in [0.29, 0.717) is 19.5 Å². The van der Waals surface area contributed by atoms with Gasteiger partial charge in [0, 0.05) is 24.0 Å². The predicted octanol–water partition coefficient (Wildman–Crippen LogP) is 2.26. The van der Waals surface area contributed by atoms with Crippen molar-refractivity contribution in [1.82, 2.24) is 9.80 Å². The quantitative estimate of drug-likeness (QED) is 0.675. The Balaban J connectivity index is 2.01. The van der Waals surface area contributed by atoms with Crippen LogP contribution in [0.25, 0.3) is 0 Å². The fraction of sp³-hybridized carbons (Fsp3) is 0.611. The number of carbonyl (C=O) groups is 1. The van der Waals surface area contributed by atoms with Gasteiger partial charge in [-0.25, -0.2) is 8.42 Å². The first-order valence-corrected chi connectivity index (χ1v) is 11.7. The number of nitrogens with zero attached hydrogens (tertiary/aromatic N) is 2. The van der Waals surface area contributed by atoms with Crippen molar-refractivity contribution < 1.29 is 13.2 Å². The van der Waals surface area contributed by atoms with E-state index in [2.05, 4.69) is 24.3 Å². The molecule has 1 heterocycles. The lowest BCUT2D eigenvalue weighted by atomic mass is 10.1. The second kappa shape index (κ2) is 8.56. The van der Waals surface area contributed by atoms with Crippen molar-refractivity contribution >= 4 is 27.5 Å². The Labute approximate surface area is 155 Å². The van der Waals surface area contributed by atoms with Gasteiger partial charge in [0.15, 0.2) is 9.84 Å². The van der Waals surface area contributed by atoms with Crippen molar-refractivity contribution in [2.75, 3.05) is 31.4 Å². The van der Waals surface area contributed by atoms with Gasteiger partial charge in [-0.2, -0.15) is 0 Å². The highest BCUT2D eigenvalue weighted by atomic mass is 32.2. The van der Waals surface area contributed by atoms with Gasteiger partial charge >= 0.3 is 0 Å². The minimum Gasteiger partial charge on any atom is -0.338 e. The molecule has 7 heteroatoms. The number of hydrogen-bond donors (Lipinski definition) is 0. The lowest BCUT2D eigenvalue weighted by Gasteiger charge is -2.33. The van der Waals surface area contributed by atoms with Crippen molar-refractivity contribution in [1.29, 1.82) is 0 Å². The number of sulfone groups is 1. The van der Waals surface area contributed by atoms with Crippen LogP contribution in [0.15, 0.2) is 29.2 Å². The lowest BCUT2D eigenvalue weighted by molar-refractivity contribution is -0.137. The van der Waals surface area contributed by atoms with Crippen LogP contribution >= 0.6 is 11.8 Å². The maximum atomic E-state index is 12.9. The number of rotatable bonds is 7. The number of benzene rings is 1. The normalized spacial score (nSPS) is 20.6. The van der Waals surface area contributed by atoms with E-state index in [1.54, 1.807) is 16.7 Å². The minimum atomic E-state index is -2.99. The van der Waals surface area contributed by atoms with Crippen LogP contribution in [-0.2, 0) is 21.2 Å². The molecular weight excluding hydrogens is 356 g/mol. The van der Waals surface area contributed by atoms with E-state index in [0.717, 1.165) is 5.56 Å². The minimum absolute atomic E-state index is 0.00725. The topological polar surface area (TPSA) is 57.7 Å². The maximum absolute atomic E-state index is 12.9. The Bertz CT molecular complexity index is 689. The average molecular weight is 385 g/mol. The second-order valence-corrected chi connectivity index (χ2v) is 9.73. The molecule has 1 saturated heterocycles. The molecule has 1 aromatic rings. The largest absolute Gasteiger partial charge is 0.338 e. The number of amides is 1. The van der Waals surface area contributed by atoms with Gasteiger partial charge in [0.25, 0.3) is 0 Å². The molecule has 1 aliphatic heterocycles. The van der Waals surface area contributed by atoms with Gasteiger partial charge in [-0.05, 0) is 51.3 Å². The number of likely N-dealkylation sites (N-methyl/N-ethyl adjacent to an activating group) is 2. The number of thioether (sulfide) groups is 1. The molecule has 1 fully saturated rings. The van der Waals surface area contributed by atoms with Gasteiger partial charge in [-0.15, -0.1) is 11.8 Å². The Kier molecular flexibility index (Phi) is 6.93. The smallest absolute Gasteiger partial charge is 0.239 e. The molecule has 2 atom stereocenters. The SMILES string of the molecule is CCN(C(=O)[C@@H](C)N(C)Cc1ccc(SC)cc1)[C@H]1CCS(=O)(=O)C1. The van der Waals surface area contributed by atoms with Crippen LogP contribution in [0.1, 0.15) is 25.8 Å². The number of carbonyl (C=O) groups excluding carboxylic acids is 1. The van der Waals surface area contributed by atoms with Crippen LogP contribution in [0.3, 0.4) is 0 Å². The van der Waals surface area contributed by atoms with Crippen LogP contribution in [0.2, 0.25) is 0 Å². The van der Waals surface area contributed by atoms with Crippen molar-refractivity contribution in [3.8, 4) is 0 Å². The first-order chi connectivity index (χ1) is 11.8. The first kappa shape index (κ1) is 20.3. The molecule has 140 valence electrons. The Morgan fingerprint density at radius 3 is 2.44 bits per heavy atom.